The van der Waals surface area contributed by atoms with Gasteiger partial charge in [-0.2, -0.15) is 0 Å². The molecular weight excluding hydrogens is 364 g/mol. The van der Waals surface area contributed by atoms with Crippen molar-refractivity contribution >= 4 is 44.8 Å². The Kier molecular flexibility index (Phi) is 5.37. The van der Waals surface area contributed by atoms with E-state index in [0.717, 1.165) is 14.2 Å². The summed E-state index contributed by atoms with van der Waals surface area (Å²) in [5, 5.41) is 2.79. The molecule has 0 aliphatic heterocycles. The summed E-state index contributed by atoms with van der Waals surface area (Å²) < 4.78 is 0.807. The van der Waals surface area contributed by atoms with Gasteiger partial charge in [-0.05, 0) is 48.0 Å². The molecule has 2 rings (SSSR count). The number of hydrogen-bond acceptors (Lipinski definition) is 3. The molecule has 0 aliphatic carbocycles. The summed E-state index contributed by atoms with van der Waals surface area (Å²) in [4.78, 5) is 27.9. The quantitative estimate of drug-likeness (QED) is 0.875. The number of nitrogens with zero attached hydrogens (tertiary/aromatic N) is 1. The monoisotopic (exact) mass is 380 g/mol. The topological polar surface area (TPSA) is 49.4 Å². The Morgan fingerprint density at radius 2 is 1.95 bits per heavy atom. The summed E-state index contributed by atoms with van der Waals surface area (Å²) >= 11 is 4.96. The Labute approximate surface area is 142 Å². The highest BCUT2D eigenvalue weighted by Gasteiger charge is 2.18. The minimum absolute atomic E-state index is 0.00843. The number of amides is 2. The van der Waals surface area contributed by atoms with Crippen molar-refractivity contribution in [1.29, 1.82) is 0 Å². The number of anilines is 1. The van der Waals surface area contributed by atoms with E-state index in [1.807, 2.05) is 38.1 Å². The molecule has 2 amide bonds. The predicted octanol–water partition coefficient (Wildman–Crippen LogP) is 3.84. The van der Waals surface area contributed by atoms with E-state index >= 15 is 0 Å². The summed E-state index contributed by atoms with van der Waals surface area (Å²) in [6.07, 6.45) is 0. The third-order valence-electron chi connectivity index (χ3n) is 3.15. The third kappa shape index (κ3) is 3.96. The molecule has 0 radical (unpaired) electrons. The van der Waals surface area contributed by atoms with Crippen LogP contribution in [0.5, 0.6) is 0 Å². The van der Waals surface area contributed by atoms with E-state index in [-0.39, 0.29) is 18.4 Å². The van der Waals surface area contributed by atoms with Crippen LogP contribution in [0.2, 0.25) is 0 Å². The molecule has 6 heteroatoms. The summed E-state index contributed by atoms with van der Waals surface area (Å²) in [6, 6.07) is 9.23. The van der Waals surface area contributed by atoms with E-state index in [0.29, 0.717) is 11.3 Å². The van der Waals surface area contributed by atoms with E-state index in [1.165, 1.54) is 4.90 Å². The average Bonchev–Trinajstić information content (AvgIpc) is 2.79. The fraction of sp³-hybridized carbons (Fsp3) is 0.250. The van der Waals surface area contributed by atoms with Gasteiger partial charge in [0.1, 0.15) is 0 Å². The van der Waals surface area contributed by atoms with E-state index < -0.39 is 0 Å². The fourth-order valence-electron chi connectivity index (χ4n) is 2.09. The van der Waals surface area contributed by atoms with Crippen LogP contribution in [0, 0.1) is 13.8 Å². The van der Waals surface area contributed by atoms with Crippen LogP contribution in [-0.4, -0.2) is 30.3 Å². The molecule has 0 saturated carbocycles. The van der Waals surface area contributed by atoms with Crippen LogP contribution in [0.1, 0.15) is 20.1 Å². The lowest BCUT2D eigenvalue weighted by Crippen LogP contribution is -2.35. The maximum atomic E-state index is 12.4. The second-order valence-corrected chi connectivity index (χ2v) is 7.33. The van der Waals surface area contributed by atoms with E-state index in [4.69, 9.17) is 0 Å². The Bertz CT molecular complexity index is 712. The number of carbonyl (C=O) groups excluding carboxylic acids is 2. The van der Waals surface area contributed by atoms with Crippen LogP contribution >= 0.6 is 27.3 Å². The van der Waals surface area contributed by atoms with Gasteiger partial charge < -0.3 is 10.2 Å². The van der Waals surface area contributed by atoms with Gasteiger partial charge in [0.25, 0.3) is 5.91 Å². The zero-order valence-corrected chi connectivity index (χ0v) is 15.0. The standard InChI is InChI=1S/C16H17BrN2O2S/c1-10-8-12(11(2)22-10)16(21)19(3)9-15(20)18-14-7-5-4-6-13(14)17/h4-8H,9H2,1-3H3,(H,18,20). The molecule has 22 heavy (non-hydrogen) atoms. The first-order valence-corrected chi connectivity index (χ1v) is 8.36. The van der Waals surface area contributed by atoms with E-state index in [1.54, 1.807) is 24.5 Å². The predicted molar refractivity (Wildman–Crippen MR) is 93.5 cm³/mol. The molecular formula is C16H17BrN2O2S. The molecule has 1 N–H and O–H groups in total. The second-order valence-electron chi connectivity index (χ2n) is 5.02. The van der Waals surface area contributed by atoms with E-state index in [9.17, 15) is 9.59 Å². The fourth-order valence-corrected chi connectivity index (χ4v) is 3.39. The number of rotatable bonds is 4. The SMILES string of the molecule is Cc1cc(C(=O)N(C)CC(=O)Nc2ccccc2Br)c(C)s1. The van der Waals surface area contributed by atoms with Gasteiger partial charge in [0, 0.05) is 21.3 Å². The highest BCUT2D eigenvalue weighted by atomic mass is 79.9. The van der Waals surface area contributed by atoms with Gasteiger partial charge in [-0.3, -0.25) is 9.59 Å². The van der Waals surface area contributed by atoms with Crippen molar-refractivity contribution in [1.82, 2.24) is 4.90 Å². The molecule has 0 aliphatic rings. The first kappa shape index (κ1) is 16.7. The minimum atomic E-state index is -0.229. The van der Waals surface area contributed by atoms with Crippen LogP contribution in [0.4, 0.5) is 5.69 Å². The Hall–Kier alpha value is -1.66. The molecule has 0 fully saturated rings. The lowest BCUT2D eigenvalue weighted by molar-refractivity contribution is -0.116. The maximum absolute atomic E-state index is 12.4. The third-order valence-corrected chi connectivity index (χ3v) is 4.80. The molecule has 0 unspecified atom stereocenters. The molecule has 4 nitrogen and oxygen atoms in total. The van der Waals surface area contributed by atoms with Gasteiger partial charge in [-0.1, -0.05) is 12.1 Å². The van der Waals surface area contributed by atoms with Crippen LogP contribution in [0.25, 0.3) is 0 Å². The molecule has 0 bridgehead atoms. The van der Waals surface area contributed by atoms with Gasteiger partial charge in [0.15, 0.2) is 0 Å². The van der Waals surface area contributed by atoms with Crippen LogP contribution in [-0.2, 0) is 4.79 Å². The lowest BCUT2D eigenvalue weighted by Gasteiger charge is -2.17. The van der Waals surface area contributed by atoms with Gasteiger partial charge in [-0.15, -0.1) is 11.3 Å². The summed E-state index contributed by atoms with van der Waals surface area (Å²) in [7, 11) is 1.63. The van der Waals surface area contributed by atoms with Crippen LogP contribution < -0.4 is 5.32 Å². The molecule has 1 aromatic heterocycles. The normalized spacial score (nSPS) is 10.4. The summed E-state index contributed by atoms with van der Waals surface area (Å²) in [6.45, 7) is 3.89. The van der Waals surface area contributed by atoms with Crippen molar-refractivity contribution in [3.63, 3.8) is 0 Å². The Balaban J connectivity index is 2.01. The molecule has 116 valence electrons. The first-order valence-electron chi connectivity index (χ1n) is 6.75. The first-order chi connectivity index (χ1) is 10.4. The number of aryl methyl sites for hydroxylation is 2. The number of para-hydroxylation sites is 1. The smallest absolute Gasteiger partial charge is 0.255 e. The van der Waals surface area contributed by atoms with E-state index in [2.05, 4.69) is 21.2 Å². The Morgan fingerprint density at radius 1 is 1.27 bits per heavy atom. The van der Waals surface area contributed by atoms with Crippen LogP contribution in [0.15, 0.2) is 34.8 Å². The van der Waals surface area contributed by atoms with Crippen molar-refractivity contribution in [2.24, 2.45) is 0 Å². The number of halogens is 1. The van der Waals surface area contributed by atoms with Crippen LogP contribution in [0.3, 0.4) is 0 Å². The molecule has 0 spiro atoms. The lowest BCUT2D eigenvalue weighted by atomic mass is 10.2. The molecule has 0 saturated heterocycles. The van der Waals surface area contributed by atoms with Crippen molar-refractivity contribution in [2.75, 3.05) is 18.9 Å². The average molecular weight is 381 g/mol. The second kappa shape index (κ2) is 7.07. The minimum Gasteiger partial charge on any atom is -0.332 e. The maximum Gasteiger partial charge on any atom is 0.255 e. The van der Waals surface area contributed by atoms with Crippen molar-refractivity contribution in [3.8, 4) is 0 Å². The number of carbonyl (C=O) groups is 2. The molecule has 1 heterocycles. The van der Waals surface area contributed by atoms with Gasteiger partial charge >= 0.3 is 0 Å². The zero-order chi connectivity index (χ0) is 16.3. The number of nitrogens with one attached hydrogen (secondary N) is 1. The Morgan fingerprint density at radius 3 is 2.55 bits per heavy atom. The highest BCUT2D eigenvalue weighted by Crippen LogP contribution is 2.22. The zero-order valence-electron chi connectivity index (χ0n) is 12.6. The van der Waals surface area contributed by atoms with Crippen molar-refractivity contribution in [2.45, 2.75) is 13.8 Å². The number of likely N-dealkylation sites (N-methyl/N-ethyl adjacent to an activating group) is 1. The summed E-state index contributed by atoms with van der Waals surface area (Å²) in [5.41, 5.74) is 1.36. The molecule has 2 aromatic rings. The summed E-state index contributed by atoms with van der Waals surface area (Å²) in [5.74, 6) is -0.364. The van der Waals surface area contributed by atoms with Gasteiger partial charge in [-0.25, -0.2) is 0 Å². The number of benzene rings is 1. The van der Waals surface area contributed by atoms with Crippen molar-refractivity contribution in [3.05, 3.63) is 50.1 Å². The van der Waals surface area contributed by atoms with Crippen molar-refractivity contribution < 1.29 is 9.59 Å². The molecule has 0 atom stereocenters. The number of thiophene rings is 1. The highest BCUT2D eigenvalue weighted by molar-refractivity contribution is 9.10. The largest absolute Gasteiger partial charge is 0.332 e. The molecule has 1 aromatic carbocycles. The number of hydrogen-bond donors (Lipinski definition) is 1. The van der Waals surface area contributed by atoms with Gasteiger partial charge in [0.05, 0.1) is 17.8 Å². The van der Waals surface area contributed by atoms with Gasteiger partial charge in [0.2, 0.25) is 5.91 Å².